The predicted octanol–water partition coefficient (Wildman–Crippen LogP) is 1.07. The Bertz CT molecular complexity index is 466. The Morgan fingerprint density at radius 1 is 1.43 bits per heavy atom. The number of nitrogens with one attached hydrogen (secondary N) is 1. The zero-order valence-corrected chi connectivity index (χ0v) is 8.32. The van der Waals surface area contributed by atoms with Crippen LogP contribution in [-0.4, -0.2) is 29.2 Å². The Kier molecular flexibility index (Phi) is 3.21. The quantitative estimate of drug-likeness (QED) is 0.642. The molecule has 0 unspecified atom stereocenters. The van der Waals surface area contributed by atoms with Crippen LogP contribution in [0.1, 0.15) is 0 Å². The standard InChI is InChI=1S/C7H6N2.CH4O3S/c1-3-8-5-7-6(1)2-4-9-7;1-5(2,3)4/h1-5,9H;1H3,(H,2,3,4). The third kappa shape index (κ3) is 4.01. The van der Waals surface area contributed by atoms with Crippen molar-refractivity contribution in [3.05, 3.63) is 30.7 Å². The molecule has 2 N–H and O–H groups in total. The van der Waals surface area contributed by atoms with Crippen LogP contribution in [0.15, 0.2) is 30.7 Å². The van der Waals surface area contributed by atoms with E-state index in [-0.39, 0.29) is 0 Å². The number of aromatic amines is 1. The van der Waals surface area contributed by atoms with Crippen molar-refractivity contribution in [1.29, 1.82) is 0 Å². The molecule has 6 heteroatoms. The van der Waals surface area contributed by atoms with E-state index < -0.39 is 10.1 Å². The van der Waals surface area contributed by atoms with Gasteiger partial charge in [0.25, 0.3) is 10.1 Å². The van der Waals surface area contributed by atoms with Crippen molar-refractivity contribution in [3.63, 3.8) is 0 Å². The fourth-order valence-electron chi connectivity index (χ4n) is 0.892. The highest BCUT2D eigenvalue weighted by Crippen LogP contribution is 2.07. The first-order valence-electron chi connectivity index (χ1n) is 3.76. The second-order valence-corrected chi connectivity index (χ2v) is 4.14. The van der Waals surface area contributed by atoms with Crippen LogP contribution >= 0.6 is 0 Å². The first-order valence-corrected chi connectivity index (χ1v) is 5.61. The normalized spacial score (nSPS) is 10.7. The average molecular weight is 214 g/mol. The molecule has 0 aliphatic heterocycles. The van der Waals surface area contributed by atoms with E-state index in [1.54, 1.807) is 6.20 Å². The Morgan fingerprint density at radius 3 is 2.64 bits per heavy atom. The van der Waals surface area contributed by atoms with Gasteiger partial charge in [0, 0.05) is 17.8 Å². The van der Waals surface area contributed by atoms with E-state index >= 15 is 0 Å². The highest BCUT2D eigenvalue weighted by atomic mass is 32.2. The van der Waals surface area contributed by atoms with Crippen LogP contribution in [0, 0.1) is 0 Å². The van der Waals surface area contributed by atoms with Crippen LogP contribution in [0.4, 0.5) is 0 Å². The summed E-state index contributed by atoms with van der Waals surface area (Å²) in [6.07, 6.45) is 6.23. The average Bonchev–Trinajstić information content (AvgIpc) is 2.47. The number of hydrogen-bond donors (Lipinski definition) is 2. The summed E-state index contributed by atoms with van der Waals surface area (Å²) in [6.45, 7) is 0. The molecule has 0 aliphatic carbocycles. The van der Waals surface area contributed by atoms with Gasteiger partial charge in [0.2, 0.25) is 0 Å². The Labute approximate surface area is 81.5 Å². The minimum absolute atomic E-state index is 0.715. The van der Waals surface area contributed by atoms with Gasteiger partial charge >= 0.3 is 0 Å². The van der Waals surface area contributed by atoms with Crippen molar-refractivity contribution in [2.75, 3.05) is 6.26 Å². The number of pyridine rings is 1. The zero-order valence-electron chi connectivity index (χ0n) is 7.51. The van der Waals surface area contributed by atoms with Gasteiger partial charge in [0.05, 0.1) is 18.0 Å². The number of H-pyrrole nitrogens is 1. The molecular formula is C8H10N2O3S. The molecule has 0 saturated carbocycles. The summed E-state index contributed by atoms with van der Waals surface area (Å²) >= 11 is 0. The van der Waals surface area contributed by atoms with E-state index in [4.69, 9.17) is 4.55 Å². The molecule has 0 spiro atoms. The minimum Gasteiger partial charge on any atom is -0.360 e. The topological polar surface area (TPSA) is 83.0 Å². The lowest BCUT2D eigenvalue weighted by Gasteiger charge is -1.82. The second kappa shape index (κ2) is 4.21. The van der Waals surface area contributed by atoms with Crippen molar-refractivity contribution in [2.45, 2.75) is 0 Å². The zero-order chi connectivity index (χ0) is 10.6. The first-order chi connectivity index (χ1) is 6.47. The van der Waals surface area contributed by atoms with Crippen LogP contribution in [0.25, 0.3) is 10.9 Å². The van der Waals surface area contributed by atoms with Crippen LogP contribution < -0.4 is 0 Å². The molecule has 0 atom stereocenters. The van der Waals surface area contributed by atoms with Crippen molar-refractivity contribution in [3.8, 4) is 0 Å². The van der Waals surface area contributed by atoms with Crippen molar-refractivity contribution in [2.24, 2.45) is 0 Å². The summed E-state index contributed by atoms with van der Waals surface area (Å²) in [5, 5.41) is 1.21. The molecule has 0 radical (unpaired) electrons. The van der Waals surface area contributed by atoms with E-state index in [0.717, 1.165) is 5.52 Å². The number of aromatic nitrogens is 2. The maximum Gasteiger partial charge on any atom is 0.261 e. The lowest BCUT2D eigenvalue weighted by molar-refractivity contribution is 0.490. The number of nitrogens with zero attached hydrogens (tertiary/aromatic N) is 1. The molecule has 5 nitrogen and oxygen atoms in total. The van der Waals surface area contributed by atoms with Crippen LogP contribution in [0.2, 0.25) is 0 Å². The maximum atomic E-state index is 9.19. The summed E-state index contributed by atoms with van der Waals surface area (Å²) in [6, 6.07) is 4.00. The minimum atomic E-state index is -3.67. The van der Waals surface area contributed by atoms with Crippen molar-refractivity contribution < 1.29 is 13.0 Å². The first kappa shape index (κ1) is 10.7. The smallest absolute Gasteiger partial charge is 0.261 e. The van der Waals surface area contributed by atoms with E-state index in [9.17, 15) is 8.42 Å². The molecule has 0 aliphatic rings. The Balaban J connectivity index is 0.000000171. The predicted molar refractivity (Wildman–Crippen MR) is 53.6 cm³/mol. The third-order valence-electron chi connectivity index (χ3n) is 1.36. The van der Waals surface area contributed by atoms with E-state index in [0.29, 0.717) is 6.26 Å². The molecule has 2 rings (SSSR count). The lowest BCUT2D eigenvalue weighted by Crippen LogP contribution is -1.88. The van der Waals surface area contributed by atoms with Gasteiger partial charge in [-0.25, -0.2) is 0 Å². The van der Waals surface area contributed by atoms with Crippen LogP contribution in [0.5, 0.6) is 0 Å². The molecule has 0 saturated heterocycles. The molecule has 2 aromatic heterocycles. The second-order valence-electron chi connectivity index (χ2n) is 2.67. The molecule has 0 aromatic carbocycles. The fraction of sp³-hybridized carbons (Fsp3) is 0.125. The van der Waals surface area contributed by atoms with Crippen LogP contribution in [-0.2, 0) is 10.1 Å². The molecule has 0 bridgehead atoms. The molecule has 2 aromatic rings. The van der Waals surface area contributed by atoms with E-state index in [2.05, 4.69) is 9.97 Å². The molecule has 0 amide bonds. The number of rotatable bonds is 0. The van der Waals surface area contributed by atoms with Gasteiger partial charge in [0.15, 0.2) is 0 Å². The SMILES string of the molecule is CS(=O)(=O)O.c1cc2cc[nH]c2cn1. The summed E-state index contributed by atoms with van der Waals surface area (Å²) in [5.74, 6) is 0. The van der Waals surface area contributed by atoms with Gasteiger partial charge in [0.1, 0.15) is 0 Å². The third-order valence-corrected chi connectivity index (χ3v) is 1.36. The van der Waals surface area contributed by atoms with Gasteiger partial charge in [-0.2, -0.15) is 8.42 Å². The van der Waals surface area contributed by atoms with E-state index in [1.807, 2.05) is 24.5 Å². The molecule has 14 heavy (non-hydrogen) atoms. The number of hydrogen-bond acceptors (Lipinski definition) is 3. The highest BCUT2D eigenvalue weighted by Gasteiger charge is 1.87. The van der Waals surface area contributed by atoms with Gasteiger partial charge in [-0.15, -0.1) is 0 Å². The van der Waals surface area contributed by atoms with Gasteiger partial charge in [-0.1, -0.05) is 0 Å². The van der Waals surface area contributed by atoms with Gasteiger partial charge in [-0.05, 0) is 12.1 Å². The molecule has 0 fully saturated rings. The van der Waals surface area contributed by atoms with Crippen molar-refractivity contribution >= 4 is 21.0 Å². The summed E-state index contributed by atoms with van der Waals surface area (Å²) in [4.78, 5) is 7.01. The summed E-state index contributed by atoms with van der Waals surface area (Å²) < 4.78 is 25.9. The Hall–Kier alpha value is -1.40. The monoisotopic (exact) mass is 214 g/mol. The highest BCUT2D eigenvalue weighted by molar-refractivity contribution is 7.85. The maximum absolute atomic E-state index is 9.19. The lowest BCUT2D eigenvalue weighted by atomic mass is 10.3. The van der Waals surface area contributed by atoms with Crippen molar-refractivity contribution in [1.82, 2.24) is 9.97 Å². The van der Waals surface area contributed by atoms with Gasteiger partial charge in [-0.3, -0.25) is 9.54 Å². The molecule has 2 heterocycles. The van der Waals surface area contributed by atoms with E-state index in [1.165, 1.54) is 5.39 Å². The number of fused-ring (bicyclic) bond motifs is 1. The van der Waals surface area contributed by atoms with Gasteiger partial charge < -0.3 is 4.98 Å². The fourth-order valence-corrected chi connectivity index (χ4v) is 0.892. The summed E-state index contributed by atoms with van der Waals surface area (Å²) in [5.41, 5.74) is 1.09. The molecule has 76 valence electrons. The molecular weight excluding hydrogens is 204 g/mol. The van der Waals surface area contributed by atoms with Crippen LogP contribution in [0.3, 0.4) is 0 Å². The Morgan fingerprint density at radius 2 is 2.07 bits per heavy atom. The summed E-state index contributed by atoms with van der Waals surface area (Å²) in [7, 11) is -3.67. The largest absolute Gasteiger partial charge is 0.360 e.